The summed E-state index contributed by atoms with van der Waals surface area (Å²) in [6.07, 6.45) is 1.34. The van der Waals surface area contributed by atoms with Crippen LogP contribution in [0, 0.1) is 11.6 Å². The standard InChI is InChI=1S/C14H13F2N3O/c15-11-6-9-5-10(8-18-13(9)12(16)7-11)14(20)19-3-1-17-2-4-19/h5-8,17H,1-4H2. The molecular formula is C14H13F2N3O. The number of piperazine rings is 1. The second-order valence-electron chi connectivity index (χ2n) is 4.73. The first-order valence-electron chi connectivity index (χ1n) is 6.40. The van der Waals surface area contributed by atoms with Crippen LogP contribution in [0.2, 0.25) is 0 Å². The number of aromatic nitrogens is 1. The van der Waals surface area contributed by atoms with Gasteiger partial charge in [-0.15, -0.1) is 0 Å². The monoisotopic (exact) mass is 277 g/mol. The molecule has 0 radical (unpaired) electrons. The highest BCUT2D eigenvalue weighted by Gasteiger charge is 2.19. The van der Waals surface area contributed by atoms with Crippen molar-refractivity contribution in [1.29, 1.82) is 0 Å². The van der Waals surface area contributed by atoms with Gasteiger partial charge in [0.25, 0.3) is 5.91 Å². The van der Waals surface area contributed by atoms with Gasteiger partial charge in [0.05, 0.1) is 5.56 Å². The number of halogens is 2. The Kier molecular flexibility index (Phi) is 3.31. The van der Waals surface area contributed by atoms with Crippen LogP contribution in [0.3, 0.4) is 0 Å². The lowest BCUT2D eigenvalue weighted by molar-refractivity contribution is 0.0735. The number of carbonyl (C=O) groups excluding carboxylic acids is 1. The summed E-state index contributed by atoms with van der Waals surface area (Å²) >= 11 is 0. The van der Waals surface area contributed by atoms with Crippen LogP contribution in [0.4, 0.5) is 8.78 Å². The summed E-state index contributed by atoms with van der Waals surface area (Å²) in [6.45, 7) is 2.73. The van der Waals surface area contributed by atoms with Gasteiger partial charge in [-0.3, -0.25) is 9.78 Å². The highest BCUT2D eigenvalue weighted by molar-refractivity contribution is 5.97. The molecule has 0 unspecified atom stereocenters. The smallest absolute Gasteiger partial charge is 0.255 e. The van der Waals surface area contributed by atoms with Crippen LogP contribution in [-0.2, 0) is 0 Å². The quantitative estimate of drug-likeness (QED) is 0.860. The van der Waals surface area contributed by atoms with E-state index in [9.17, 15) is 13.6 Å². The van der Waals surface area contributed by atoms with Crippen molar-refractivity contribution >= 4 is 16.8 Å². The number of pyridine rings is 1. The van der Waals surface area contributed by atoms with Gasteiger partial charge in [-0.1, -0.05) is 0 Å². The minimum Gasteiger partial charge on any atom is -0.336 e. The van der Waals surface area contributed by atoms with Gasteiger partial charge in [-0.25, -0.2) is 8.78 Å². The van der Waals surface area contributed by atoms with Gasteiger partial charge in [0, 0.05) is 43.8 Å². The van der Waals surface area contributed by atoms with Crippen molar-refractivity contribution in [3.63, 3.8) is 0 Å². The third-order valence-corrected chi connectivity index (χ3v) is 3.35. The summed E-state index contributed by atoms with van der Waals surface area (Å²) in [7, 11) is 0. The maximum Gasteiger partial charge on any atom is 0.255 e. The Labute approximate surface area is 114 Å². The fourth-order valence-electron chi connectivity index (χ4n) is 2.34. The molecule has 20 heavy (non-hydrogen) atoms. The normalized spacial score (nSPS) is 15.6. The molecule has 1 aromatic heterocycles. The molecule has 2 aromatic rings. The molecule has 104 valence electrons. The van der Waals surface area contributed by atoms with E-state index in [1.165, 1.54) is 18.3 Å². The van der Waals surface area contributed by atoms with Crippen molar-refractivity contribution in [2.24, 2.45) is 0 Å². The van der Waals surface area contributed by atoms with Crippen molar-refractivity contribution in [3.8, 4) is 0 Å². The molecule has 1 saturated heterocycles. The number of hydrogen-bond acceptors (Lipinski definition) is 3. The SMILES string of the molecule is O=C(c1cnc2c(F)cc(F)cc2c1)N1CCNCC1. The minimum absolute atomic E-state index is 0.0725. The zero-order chi connectivity index (χ0) is 14.1. The number of carbonyl (C=O) groups is 1. The van der Waals surface area contributed by atoms with Crippen molar-refractivity contribution in [1.82, 2.24) is 15.2 Å². The molecular weight excluding hydrogens is 264 g/mol. The lowest BCUT2D eigenvalue weighted by Gasteiger charge is -2.27. The predicted molar refractivity (Wildman–Crippen MR) is 70.4 cm³/mol. The van der Waals surface area contributed by atoms with Crippen LogP contribution < -0.4 is 5.32 Å². The molecule has 1 amide bonds. The molecule has 0 atom stereocenters. The highest BCUT2D eigenvalue weighted by Crippen LogP contribution is 2.19. The minimum atomic E-state index is -0.721. The number of benzene rings is 1. The number of nitrogens with one attached hydrogen (secondary N) is 1. The third-order valence-electron chi connectivity index (χ3n) is 3.35. The average molecular weight is 277 g/mol. The summed E-state index contributed by atoms with van der Waals surface area (Å²) in [5.74, 6) is -1.56. The Hall–Kier alpha value is -2.08. The first kappa shape index (κ1) is 12.9. The topological polar surface area (TPSA) is 45.2 Å². The highest BCUT2D eigenvalue weighted by atomic mass is 19.1. The van der Waals surface area contributed by atoms with E-state index in [-0.39, 0.29) is 11.4 Å². The van der Waals surface area contributed by atoms with Crippen molar-refractivity contribution in [2.45, 2.75) is 0 Å². The fourth-order valence-corrected chi connectivity index (χ4v) is 2.34. The van der Waals surface area contributed by atoms with Gasteiger partial charge < -0.3 is 10.2 Å². The largest absolute Gasteiger partial charge is 0.336 e. The Balaban J connectivity index is 1.97. The van der Waals surface area contributed by atoms with E-state index in [2.05, 4.69) is 10.3 Å². The van der Waals surface area contributed by atoms with E-state index in [1.54, 1.807) is 4.90 Å². The zero-order valence-electron chi connectivity index (χ0n) is 10.7. The summed E-state index contributed by atoms with van der Waals surface area (Å²) in [6, 6.07) is 3.45. The van der Waals surface area contributed by atoms with Gasteiger partial charge in [0.15, 0.2) is 5.82 Å². The second kappa shape index (κ2) is 5.13. The number of hydrogen-bond donors (Lipinski definition) is 1. The van der Waals surface area contributed by atoms with Crippen LogP contribution in [0.1, 0.15) is 10.4 Å². The molecule has 6 heteroatoms. The van der Waals surface area contributed by atoms with E-state index in [0.717, 1.165) is 19.2 Å². The van der Waals surface area contributed by atoms with E-state index >= 15 is 0 Å². The van der Waals surface area contributed by atoms with E-state index in [1.807, 2.05) is 0 Å². The number of fused-ring (bicyclic) bond motifs is 1. The molecule has 0 aliphatic carbocycles. The Morgan fingerprint density at radius 2 is 1.95 bits per heavy atom. The van der Waals surface area contributed by atoms with Crippen molar-refractivity contribution in [2.75, 3.05) is 26.2 Å². The van der Waals surface area contributed by atoms with Gasteiger partial charge in [-0.05, 0) is 12.1 Å². The summed E-state index contributed by atoms with van der Waals surface area (Å²) < 4.78 is 26.7. The number of amides is 1. The predicted octanol–water partition coefficient (Wildman–Crippen LogP) is 1.56. The second-order valence-corrected chi connectivity index (χ2v) is 4.73. The number of nitrogens with zero attached hydrogens (tertiary/aromatic N) is 2. The fraction of sp³-hybridized carbons (Fsp3) is 0.286. The third kappa shape index (κ3) is 2.34. The Bertz CT molecular complexity index is 669. The molecule has 1 N–H and O–H groups in total. The first-order chi connectivity index (χ1) is 9.65. The molecule has 1 fully saturated rings. The van der Waals surface area contributed by atoms with Crippen LogP contribution >= 0.6 is 0 Å². The van der Waals surface area contributed by atoms with E-state index < -0.39 is 11.6 Å². The summed E-state index contributed by atoms with van der Waals surface area (Å²) in [5.41, 5.74) is 0.424. The molecule has 3 rings (SSSR count). The van der Waals surface area contributed by atoms with Crippen LogP contribution in [-0.4, -0.2) is 42.0 Å². The van der Waals surface area contributed by atoms with Gasteiger partial charge in [0.2, 0.25) is 0 Å². The first-order valence-corrected chi connectivity index (χ1v) is 6.40. The lowest BCUT2D eigenvalue weighted by Crippen LogP contribution is -2.46. The molecule has 2 heterocycles. The molecule has 1 aromatic carbocycles. The lowest BCUT2D eigenvalue weighted by atomic mass is 10.1. The van der Waals surface area contributed by atoms with Crippen molar-refractivity contribution < 1.29 is 13.6 Å². The van der Waals surface area contributed by atoms with Crippen LogP contribution in [0.15, 0.2) is 24.4 Å². The molecule has 0 spiro atoms. The summed E-state index contributed by atoms with van der Waals surface area (Å²) in [5, 5.41) is 3.45. The van der Waals surface area contributed by atoms with E-state index in [0.29, 0.717) is 24.0 Å². The maximum absolute atomic E-state index is 13.5. The van der Waals surface area contributed by atoms with Gasteiger partial charge in [0.1, 0.15) is 11.3 Å². The number of rotatable bonds is 1. The van der Waals surface area contributed by atoms with E-state index in [4.69, 9.17) is 0 Å². The van der Waals surface area contributed by atoms with Crippen LogP contribution in [0.5, 0.6) is 0 Å². The summed E-state index contributed by atoms with van der Waals surface area (Å²) in [4.78, 5) is 17.9. The van der Waals surface area contributed by atoms with Gasteiger partial charge >= 0.3 is 0 Å². The molecule has 1 aliphatic rings. The Morgan fingerprint density at radius 3 is 2.70 bits per heavy atom. The molecule has 4 nitrogen and oxygen atoms in total. The van der Waals surface area contributed by atoms with Crippen LogP contribution in [0.25, 0.3) is 10.9 Å². The molecule has 1 aliphatic heterocycles. The van der Waals surface area contributed by atoms with Crippen molar-refractivity contribution in [3.05, 3.63) is 41.6 Å². The molecule has 0 bridgehead atoms. The van der Waals surface area contributed by atoms with Gasteiger partial charge in [-0.2, -0.15) is 0 Å². The average Bonchev–Trinajstić information content (AvgIpc) is 2.46. The zero-order valence-corrected chi connectivity index (χ0v) is 10.7. The maximum atomic E-state index is 13.5. The Morgan fingerprint density at radius 1 is 1.20 bits per heavy atom. The molecule has 0 saturated carbocycles.